The zero-order valence-electron chi connectivity index (χ0n) is 18.1. The number of carbonyl (C=O) groups excluding carboxylic acids is 2. The molecular formula is C22H33N3O5S. The van der Waals surface area contributed by atoms with Gasteiger partial charge in [-0.25, -0.2) is 8.42 Å². The average molecular weight is 452 g/mol. The van der Waals surface area contributed by atoms with Crippen molar-refractivity contribution in [3.63, 3.8) is 0 Å². The molecule has 31 heavy (non-hydrogen) atoms. The second-order valence-corrected chi connectivity index (χ2v) is 9.99. The van der Waals surface area contributed by atoms with Crippen molar-refractivity contribution in [2.75, 3.05) is 45.9 Å². The number of nitrogens with one attached hydrogen (secondary N) is 1. The highest BCUT2D eigenvalue weighted by Crippen LogP contribution is 2.18. The Hall–Kier alpha value is -1.97. The van der Waals surface area contributed by atoms with Crippen molar-refractivity contribution < 1.29 is 22.7 Å². The summed E-state index contributed by atoms with van der Waals surface area (Å²) in [6.45, 7) is 3.56. The molecule has 0 aliphatic carbocycles. The predicted molar refractivity (Wildman–Crippen MR) is 117 cm³/mol. The van der Waals surface area contributed by atoms with Crippen molar-refractivity contribution in [2.24, 2.45) is 0 Å². The maximum atomic E-state index is 12.6. The lowest BCUT2D eigenvalue weighted by Crippen LogP contribution is -2.40. The van der Waals surface area contributed by atoms with Gasteiger partial charge in [0.15, 0.2) is 0 Å². The first-order valence-electron chi connectivity index (χ1n) is 11.2. The molecule has 9 heteroatoms. The molecule has 0 aromatic heterocycles. The molecule has 1 aromatic carbocycles. The lowest BCUT2D eigenvalue weighted by Gasteiger charge is -2.26. The molecule has 2 amide bonds. The van der Waals surface area contributed by atoms with E-state index in [9.17, 15) is 18.0 Å². The summed E-state index contributed by atoms with van der Waals surface area (Å²) in [5, 5.41) is 2.82. The number of hydrogen-bond donors (Lipinski definition) is 1. The molecule has 0 radical (unpaired) electrons. The Bertz CT molecular complexity index is 827. The number of sulfonamides is 1. The van der Waals surface area contributed by atoms with Gasteiger partial charge in [0.05, 0.1) is 18.1 Å². The Morgan fingerprint density at radius 1 is 0.903 bits per heavy atom. The van der Waals surface area contributed by atoms with Gasteiger partial charge in [0.25, 0.3) is 0 Å². The lowest BCUT2D eigenvalue weighted by molar-refractivity contribution is -0.131. The Morgan fingerprint density at radius 3 is 2.19 bits per heavy atom. The summed E-state index contributed by atoms with van der Waals surface area (Å²) in [5.74, 6) is 0.00736. The number of aryl methyl sites for hydroxylation is 1. The number of nitrogens with zero attached hydrogens (tertiary/aromatic N) is 2. The molecule has 0 bridgehead atoms. The zero-order chi connectivity index (χ0) is 22.1. The van der Waals surface area contributed by atoms with Crippen LogP contribution in [0, 0.1) is 0 Å². The first-order valence-corrected chi connectivity index (χ1v) is 12.6. The van der Waals surface area contributed by atoms with Crippen LogP contribution in [-0.2, 0) is 30.8 Å². The van der Waals surface area contributed by atoms with Crippen molar-refractivity contribution in [3.8, 4) is 0 Å². The normalized spacial score (nSPS) is 18.4. The van der Waals surface area contributed by atoms with Crippen LogP contribution in [0.2, 0.25) is 0 Å². The average Bonchev–Trinajstić information content (AvgIpc) is 3.08. The molecule has 2 aliphatic heterocycles. The maximum Gasteiger partial charge on any atom is 0.243 e. The van der Waals surface area contributed by atoms with E-state index in [4.69, 9.17) is 4.74 Å². The molecule has 8 nitrogen and oxygen atoms in total. The quantitative estimate of drug-likeness (QED) is 0.647. The summed E-state index contributed by atoms with van der Waals surface area (Å²) >= 11 is 0. The van der Waals surface area contributed by atoms with E-state index in [-0.39, 0.29) is 16.7 Å². The molecule has 0 saturated carbocycles. The van der Waals surface area contributed by atoms with E-state index in [2.05, 4.69) is 5.32 Å². The first-order chi connectivity index (χ1) is 15.0. The molecule has 172 valence electrons. The van der Waals surface area contributed by atoms with Gasteiger partial charge in [-0.2, -0.15) is 4.31 Å². The van der Waals surface area contributed by atoms with Gasteiger partial charge in [0.2, 0.25) is 21.8 Å². The van der Waals surface area contributed by atoms with E-state index >= 15 is 0 Å². The molecule has 1 N–H and O–H groups in total. The number of carbonyl (C=O) groups is 2. The van der Waals surface area contributed by atoms with Gasteiger partial charge >= 0.3 is 0 Å². The number of rotatable bonds is 8. The van der Waals surface area contributed by atoms with Gasteiger partial charge < -0.3 is 15.0 Å². The number of ether oxygens (including phenoxy) is 1. The van der Waals surface area contributed by atoms with Gasteiger partial charge in [-0.3, -0.25) is 9.59 Å². The van der Waals surface area contributed by atoms with E-state index in [1.807, 2.05) is 4.90 Å². The van der Waals surface area contributed by atoms with Gasteiger partial charge in [-0.05, 0) is 37.0 Å². The lowest BCUT2D eigenvalue weighted by atomic mass is 10.1. The third-order valence-electron chi connectivity index (χ3n) is 5.79. The SMILES string of the molecule is O=C(CCc1ccc(S(=O)(=O)N2CCOCC2)cc1)NCCC(=O)N1CCCCCC1. The van der Waals surface area contributed by atoms with Crippen molar-refractivity contribution in [1.29, 1.82) is 0 Å². The van der Waals surface area contributed by atoms with E-state index in [0.29, 0.717) is 52.1 Å². The fourth-order valence-electron chi connectivity index (χ4n) is 3.90. The monoisotopic (exact) mass is 451 g/mol. The summed E-state index contributed by atoms with van der Waals surface area (Å²) in [7, 11) is -3.50. The highest BCUT2D eigenvalue weighted by molar-refractivity contribution is 7.89. The van der Waals surface area contributed by atoms with E-state index in [1.165, 1.54) is 17.1 Å². The van der Waals surface area contributed by atoms with E-state index in [0.717, 1.165) is 31.5 Å². The minimum absolute atomic E-state index is 0.103. The molecule has 2 aliphatic rings. The Morgan fingerprint density at radius 2 is 1.55 bits per heavy atom. The minimum atomic E-state index is -3.50. The molecule has 3 rings (SSSR count). The molecule has 2 saturated heterocycles. The van der Waals surface area contributed by atoms with Crippen LogP contribution in [0.5, 0.6) is 0 Å². The Balaban J connectivity index is 1.39. The van der Waals surface area contributed by atoms with Crippen LogP contribution in [0.15, 0.2) is 29.2 Å². The van der Waals surface area contributed by atoms with Crippen molar-refractivity contribution in [1.82, 2.24) is 14.5 Å². The smallest absolute Gasteiger partial charge is 0.243 e. The molecule has 2 heterocycles. The van der Waals surface area contributed by atoms with Crippen LogP contribution in [0.25, 0.3) is 0 Å². The Labute approximate surface area is 185 Å². The second kappa shape index (κ2) is 11.6. The third kappa shape index (κ3) is 7.02. The standard InChI is InChI=1S/C22H33N3O5S/c26-21(23-12-11-22(27)24-13-3-1-2-4-14-24)10-7-19-5-8-20(9-6-19)31(28,29)25-15-17-30-18-16-25/h5-6,8-9H,1-4,7,10-18H2,(H,23,26). The van der Waals surface area contributed by atoms with Crippen LogP contribution < -0.4 is 5.32 Å². The number of likely N-dealkylation sites (tertiary alicyclic amines) is 1. The fourth-order valence-corrected chi connectivity index (χ4v) is 5.31. The first kappa shape index (κ1) is 23.7. The molecule has 1 aromatic rings. The number of amides is 2. The molecule has 2 fully saturated rings. The summed E-state index contributed by atoms with van der Waals surface area (Å²) < 4.78 is 31.9. The third-order valence-corrected chi connectivity index (χ3v) is 7.70. The minimum Gasteiger partial charge on any atom is -0.379 e. The topological polar surface area (TPSA) is 96.0 Å². The van der Waals surface area contributed by atoms with Crippen LogP contribution in [0.4, 0.5) is 0 Å². The summed E-state index contributed by atoms with van der Waals surface area (Å²) in [4.78, 5) is 26.5. The van der Waals surface area contributed by atoms with Crippen molar-refractivity contribution in [2.45, 2.75) is 49.8 Å². The second-order valence-electron chi connectivity index (χ2n) is 8.06. The zero-order valence-corrected chi connectivity index (χ0v) is 18.9. The summed E-state index contributed by atoms with van der Waals surface area (Å²) in [6, 6.07) is 6.70. The van der Waals surface area contributed by atoms with Crippen molar-refractivity contribution >= 4 is 21.8 Å². The van der Waals surface area contributed by atoms with Gasteiger partial charge in [-0.1, -0.05) is 25.0 Å². The molecular weight excluding hydrogens is 418 g/mol. The van der Waals surface area contributed by atoms with Crippen LogP contribution in [0.3, 0.4) is 0 Å². The highest BCUT2D eigenvalue weighted by Gasteiger charge is 2.26. The highest BCUT2D eigenvalue weighted by atomic mass is 32.2. The molecule has 0 unspecified atom stereocenters. The van der Waals surface area contributed by atoms with Crippen molar-refractivity contribution in [3.05, 3.63) is 29.8 Å². The number of benzene rings is 1. The van der Waals surface area contributed by atoms with Gasteiger partial charge in [0.1, 0.15) is 0 Å². The predicted octanol–water partition coefficient (Wildman–Crippen LogP) is 1.55. The van der Waals surface area contributed by atoms with E-state index < -0.39 is 10.0 Å². The summed E-state index contributed by atoms with van der Waals surface area (Å²) in [5.41, 5.74) is 0.900. The van der Waals surface area contributed by atoms with E-state index in [1.54, 1.807) is 24.3 Å². The fraction of sp³-hybridized carbons (Fsp3) is 0.636. The van der Waals surface area contributed by atoms with Gasteiger partial charge in [-0.15, -0.1) is 0 Å². The maximum absolute atomic E-state index is 12.6. The van der Waals surface area contributed by atoms with Gasteiger partial charge in [0, 0.05) is 45.6 Å². The van der Waals surface area contributed by atoms with Crippen LogP contribution in [-0.4, -0.2) is 75.4 Å². The van der Waals surface area contributed by atoms with Crippen LogP contribution >= 0.6 is 0 Å². The van der Waals surface area contributed by atoms with Crippen LogP contribution in [0.1, 0.15) is 44.1 Å². The largest absolute Gasteiger partial charge is 0.379 e. The molecule has 0 spiro atoms. The summed E-state index contributed by atoms with van der Waals surface area (Å²) in [6.07, 6.45) is 5.63. The number of hydrogen-bond acceptors (Lipinski definition) is 5. The number of morpholine rings is 1. The Kier molecular flexibility index (Phi) is 8.86. The molecule has 0 atom stereocenters.